The van der Waals surface area contributed by atoms with Crippen molar-refractivity contribution in [2.45, 2.75) is 58.4 Å². The first kappa shape index (κ1) is 25.3. The molecule has 0 unspecified atom stereocenters. The van der Waals surface area contributed by atoms with Gasteiger partial charge >= 0.3 is 0 Å². The van der Waals surface area contributed by atoms with Crippen LogP contribution in [-0.2, 0) is 4.79 Å². The molecule has 0 heterocycles. The fourth-order valence-corrected chi connectivity index (χ4v) is 3.28. The van der Waals surface area contributed by atoms with Crippen molar-refractivity contribution in [3.05, 3.63) is 18.2 Å². The van der Waals surface area contributed by atoms with Gasteiger partial charge in [-0.3, -0.25) is 9.79 Å². The van der Waals surface area contributed by atoms with Crippen molar-refractivity contribution in [1.82, 2.24) is 10.6 Å². The molecule has 164 valence electrons. The summed E-state index contributed by atoms with van der Waals surface area (Å²) in [6.07, 6.45) is 6.29. The fourth-order valence-electron chi connectivity index (χ4n) is 3.28. The standard InChI is InChI=1S/C21H34N4O3.HI/c1-4-22-21(23-14-13-20(26)24-16-9-7-6-8-10-16)25-17-11-12-18(28-5-2)19(15-17)27-3;/h11-12,15-16H,4-10,13-14H2,1-3H3,(H,24,26)(H2,22,23,25);1H. The molecule has 8 heteroatoms. The number of aliphatic imine (C=N–C) groups is 1. The molecule has 1 aliphatic rings. The van der Waals surface area contributed by atoms with Crippen LogP contribution >= 0.6 is 24.0 Å². The first-order chi connectivity index (χ1) is 13.7. The van der Waals surface area contributed by atoms with Crippen LogP contribution in [0.15, 0.2) is 23.2 Å². The predicted molar refractivity (Wildman–Crippen MR) is 129 cm³/mol. The number of nitrogens with one attached hydrogen (secondary N) is 3. The lowest BCUT2D eigenvalue weighted by atomic mass is 9.95. The van der Waals surface area contributed by atoms with E-state index >= 15 is 0 Å². The van der Waals surface area contributed by atoms with Crippen LogP contribution in [0.5, 0.6) is 11.5 Å². The van der Waals surface area contributed by atoms with Gasteiger partial charge in [-0.2, -0.15) is 0 Å². The minimum absolute atomic E-state index is 0. The minimum atomic E-state index is 0. The lowest BCUT2D eigenvalue weighted by Gasteiger charge is -2.22. The molecule has 1 amide bonds. The average Bonchev–Trinajstić information content (AvgIpc) is 2.70. The molecule has 0 aromatic heterocycles. The SMILES string of the molecule is CCNC(=NCCC(=O)NC1CCCCC1)Nc1ccc(OCC)c(OC)c1.I. The third kappa shape index (κ3) is 9.10. The van der Waals surface area contributed by atoms with Crippen molar-refractivity contribution >= 4 is 41.5 Å². The van der Waals surface area contributed by atoms with Crippen molar-refractivity contribution in [2.24, 2.45) is 4.99 Å². The number of halogens is 1. The minimum Gasteiger partial charge on any atom is -0.493 e. The quantitative estimate of drug-likeness (QED) is 0.262. The number of ether oxygens (including phenoxy) is 2. The number of carbonyl (C=O) groups excluding carboxylic acids is 1. The number of methoxy groups -OCH3 is 1. The van der Waals surface area contributed by atoms with E-state index in [1.165, 1.54) is 19.3 Å². The molecule has 1 fully saturated rings. The number of hydrogen-bond acceptors (Lipinski definition) is 4. The van der Waals surface area contributed by atoms with Crippen molar-refractivity contribution in [3.63, 3.8) is 0 Å². The van der Waals surface area contributed by atoms with Crippen LogP contribution in [0.25, 0.3) is 0 Å². The second-order valence-electron chi connectivity index (χ2n) is 6.84. The zero-order chi connectivity index (χ0) is 20.2. The summed E-state index contributed by atoms with van der Waals surface area (Å²) >= 11 is 0. The molecule has 0 saturated heterocycles. The maximum Gasteiger partial charge on any atom is 0.222 e. The van der Waals surface area contributed by atoms with Crippen molar-refractivity contribution < 1.29 is 14.3 Å². The average molecular weight is 518 g/mol. The van der Waals surface area contributed by atoms with Crippen LogP contribution in [0, 0.1) is 0 Å². The Morgan fingerprint density at radius 1 is 1.17 bits per heavy atom. The molecule has 1 aromatic rings. The first-order valence-electron chi connectivity index (χ1n) is 10.3. The molecule has 1 aromatic carbocycles. The van der Waals surface area contributed by atoms with Gasteiger partial charge in [0.05, 0.1) is 20.3 Å². The van der Waals surface area contributed by atoms with Crippen LogP contribution < -0.4 is 25.4 Å². The van der Waals surface area contributed by atoms with Crippen molar-refractivity contribution in [1.29, 1.82) is 0 Å². The molecule has 1 aliphatic carbocycles. The Hall–Kier alpha value is -1.71. The highest BCUT2D eigenvalue weighted by Gasteiger charge is 2.15. The van der Waals surface area contributed by atoms with Crippen LogP contribution in [0.2, 0.25) is 0 Å². The highest BCUT2D eigenvalue weighted by Crippen LogP contribution is 2.30. The molecule has 0 bridgehead atoms. The van der Waals surface area contributed by atoms with Gasteiger partial charge in [-0.1, -0.05) is 19.3 Å². The van der Waals surface area contributed by atoms with E-state index < -0.39 is 0 Å². The van der Waals surface area contributed by atoms with Gasteiger partial charge in [0.1, 0.15) is 0 Å². The Balaban J connectivity index is 0.00000420. The highest BCUT2D eigenvalue weighted by atomic mass is 127. The number of anilines is 1. The maximum atomic E-state index is 12.1. The second kappa shape index (κ2) is 14.3. The topological polar surface area (TPSA) is 84.0 Å². The van der Waals surface area contributed by atoms with Gasteiger partial charge in [0.15, 0.2) is 17.5 Å². The number of guanidine groups is 1. The Morgan fingerprint density at radius 3 is 2.59 bits per heavy atom. The first-order valence-corrected chi connectivity index (χ1v) is 10.3. The number of amides is 1. The summed E-state index contributed by atoms with van der Waals surface area (Å²) in [4.78, 5) is 16.7. The molecule has 0 spiro atoms. The number of nitrogens with zero attached hydrogens (tertiary/aromatic N) is 1. The van der Waals surface area contributed by atoms with E-state index in [0.717, 1.165) is 25.1 Å². The van der Waals surface area contributed by atoms with Crippen molar-refractivity contribution in [2.75, 3.05) is 32.1 Å². The Labute approximate surface area is 191 Å². The van der Waals surface area contributed by atoms with Gasteiger partial charge in [0.2, 0.25) is 5.91 Å². The summed E-state index contributed by atoms with van der Waals surface area (Å²) in [5, 5.41) is 9.58. The van der Waals surface area contributed by atoms with E-state index in [-0.39, 0.29) is 29.9 Å². The Kier molecular flexibility index (Phi) is 12.5. The molecular formula is C21H35IN4O3. The van der Waals surface area contributed by atoms with Gasteiger partial charge in [0, 0.05) is 30.8 Å². The van der Waals surface area contributed by atoms with Crippen molar-refractivity contribution in [3.8, 4) is 11.5 Å². The van der Waals surface area contributed by atoms with Gasteiger partial charge in [-0.25, -0.2) is 0 Å². The highest BCUT2D eigenvalue weighted by molar-refractivity contribution is 14.0. The number of benzene rings is 1. The molecule has 2 rings (SSSR count). The molecule has 7 nitrogen and oxygen atoms in total. The second-order valence-corrected chi connectivity index (χ2v) is 6.84. The van der Waals surface area contributed by atoms with Crippen LogP contribution in [0.3, 0.4) is 0 Å². The van der Waals surface area contributed by atoms with Gasteiger partial charge in [-0.15, -0.1) is 24.0 Å². The molecule has 1 saturated carbocycles. The van der Waals surface area contributed by atoms with Crippen LogP contribution in [-0.4, -0.2) is 44.7 Å². The van der Waals surface area contributed by atoms with Crippen LogP contribution in [0.1, 0.15) is 52.4 Å². The zero-order valence-electron chi connectivity index (χ0n) is 17.8. The number of rotatable bonds is 9. The summed E-state index contributed by atoms with van der Waals surface area (Å²) in [6, 6.07) is 5.99. The molecule has 0 atom stereocenters. The lowest BCUT2D eigenvalue weighted by molar-refractivity contribution is -0.121. The van der Waals surface area contributed by atoms with E-state index in [1.54, 1.807) is 7.11 Å². The summed E-state index contributed by atoms with van der Waals surface area (Å²) < 4.78 is 10.9. The Bertz CT molecular complexity index is 649. The van der Waals surface area contributed by atoms with E-state index in [0.29, 0.717) is 43.1 Å². The van der Waals surface area contributed by atoms with Gasteiger partial charge in [-0.05, 0) is 38.8 Å². The monoisotopic (exact) mass is 518 g/mol. The molecule has 29 heavy (non-hydrogen) atoms. The van der Waals surface area contributed by atoms with E-state index in [1.807, 2.05) is 32.0 Å². The van der Waals surface area contributed by atoms with Gasteiger partial charge < -0.3 is 25.4 Å². The van der Waals surface area contributed by atoms with E-state index in [2.05, 4.69) is 20.9 Å². The smallest absolute Gasteiger partial charge is 0.222 e. The zero-order valence-corrected chi connectivity index (χ0v) is 20.1. The normalized spacial score (nSPS) is 14.5. The van der Waals surface area contributed by atoms with E-state index in [4.69, 9.17) is 9.47 Å². The molecule has 0 radical (unpaired) electrons. The van der Waals surface area contributed by atoms with Gasteiger partial charge in [0.25, 0.3) is 0 Å². The molecule has 3 N–H and O–H groups in total. The van der Waals surface area contributed by atoms with E-state index in [9.17, 15) is 4.79 Å². The Morgan fingerprint density at radius 2 is 1.93 bits per heavy atom. The third-order valence-corrected chi connectivity index (χ3v) is 4.65. The van der Waals surface area contributed by atoms with Crippen LogP contribution in [0.4, 0.5) is 5.69 Å². The predicted octanol–water partition coefficient (Wildman–Crippen LogP) is 3.93. The summed E-state index contributed by atoms with van der Waals surface area (Å²) in [5.74, 6) is 2.08. The summed E-state index contributed by atoms with van der Waals surface area (Å²) in [7, 11) is 1.62. The largest absolute Gasteiger partial charge is 0.493 e. The number of carbonyl (C=O) groups is 1. The molecular weight excluding hydrogens is 483 g/mol. The lowest BCUT2D eigenvalue weighted by Crippen LogP contribution is -2.36. The molecule has 0 aliphatic heterocycles. The summed E-state index contributed by atoms with van der Waals surface area (Å²) in [6.45, 7) is 5.68. The fraction of sp³-hybridized carbons (Fsp3) is 0.619. The number of hydrogen-bond donors (Lipinski definition) is 3. The third-order valence-electron chi connectivity index (χ3n) is 4.65. The maximum absolute atomic E-state index is 12.1. The summed E-state index contributed by atoms with van der Waals surface area (Å²) in [5.41, 5.74) is 0.840.